The van der Waals surface area contributed by atoms with E-state index in [9.17, 15) is 13.2 Å². The van der Waals surface area contributed by atoms with Gasteiger partial charge in [0.05, 0.1) is 17.9 Å². The third-order valence-electron chi connectivity index (χ3n) is 2.94. The van der Waals surface area contributed by atoms with E-state index >= 15 is 0 Å². The molecule has 0 spiro atoms. The average Bonchev–Trinajstić information content (AvgIpc) is 2.51. The lowest BCUT2D eigenvalue weighted by Gasteiger charge is -2.08. The Morgan fingerprint density at radius 1 is 1.17 bits per heavy atom. The molecule has 0 atom stereocenters. The summed E-state index contributed by atoms with van der Waals surface area (Å²) in [5, 5.41) is 11.6. The lowest BCUT2D eigenvalue weighted by Crippen LogP contribution is -2.23. The van der Waals surface area contributed by atoms with Crippen molar-refractivity contribution in [1.29, 1.82) is 5.26 Å². The Morgan fingerprint density at radius 2 is 1.91 bits per heavy atom. The molecule has 0 aliphatic carbocycles. The molecule has 0 bridgehead atoms. The molecule has 2 N–H and O–H groups in total. The number of carbonyl (C=O) groups excluding carboxylic acids is 1. The highest BCUT2D eigenvalue weighted by Gasteiger charge is 2.08. The van der Waals surface area contributed by atoms with Gasteiger partial charge >= 0.3 is 0 Å². The van der Waals surface area contributed by atoms with E-state index in [1.165, 1.54) is 6.07 Å². The number of carbonyl (C=O) groups is 1. The van der Waals surface area contributed by atoms with Gasteiger partial charge in [-0.2, -0.15) is 5.26 Å². The fourth-order valence-electron chi connectivity index (χ4n) is 1.97. The Hall–Kier alpha value is -2.85. The summed E-state index contributed by atoms with van der Waals surface area (Å²) in [5.74, 6) is -0.329. The van der Waals surface area contributed by atoms with Crippen molar-refractivity contribution in [3.05, 3.63) is 65.2 Å². The van der Waals surface area contributed by atoms with Gasteiger partial charge in [-0.3, -0.25) is 9.52 Å². The number of rotatable bonds is 5. The quantitative estimate of drug-likeness (QED) is 0.874. The lowest BCUT2D eigenvalue weighted by atomic mass is 10.1. The zero-order valence-electron chi connectivity index (χ0n) is 12.4. The van der Waals surface area contributed by atoms with Gasteiger partial charge in [-0.15, -0.1) is 0 Å². The maximum absolute atomic E-state index is 12.1. The van der Waals surface area contributed by atoms with E-state index in [-0.39, 0.29) is 12.5 Å². The van der Waals surface area contributed by atoms with Crippen LogP contribution in [-0.2, 0) is 16.6 Å². The van der Waals surface area contributed by atoms with Crippen LogP contribution in [-0.4, -0.2) is 20.6 Å². The molecule has 0 fully saturated rings. The molecule has 0 aliphatic rings. The number of nitriles is 1. The summed E-state index contributed by atoms with van der Waals surface area (Å²) in [6.45, 7) is 0.276. The molecule has 2 aromatic carbocycles. The van der Waals surface area contributed by atoms with Crippen LogP contribution in [0.15, 0.2) is 48.5 Å². The Kier molecular flexibility index (Phi) is 4.98. The number of nitrogens with zero attached hydrogens (tertiary/aromatic N) is 1. The molecular formula is C16H15N3O3S. The summed E-state index contributed by atoms with van der Waals surface area (Å²) in [5.41, 5.74) is 2.00. The minimum atomic E-state index is -3.39. The van der Waals surface area contributed by atoms with Crippen LogP contribution < -0.4 is 10.0 Å². The van der Waals surface area contributed by atoms with Crippen LogP contribution in [0.4, 0.5) is 5.69 Å². The maximum Gasteiger partial charge on any atom is 0.251 e. The minimum absolute atomic E-state index is 0.276. The molecule has 0 unspecified atom stereocenters. The van der Waals surface area contributed by atoms with Crippen LogP contribution >= 0.6 is 0 Å². The molecule has 0 radical (unpaired) electrons. The third kappa shape index (κ3) is 5.13. The first-order valence-corrected chi connectivity index (χ1v) is 8.61. The minimum Gasteiger partial charge on any atom is -0.348 e. The number of hydrogen-bond donors (Lipinski definition) is 2. The number of sulfonamides is 1. The Balaban J connectivity index is 2.06. The van der Waals surface area contributed by atoms with E-state index in [0.29, 0.717) is 16.8 Å². The first kappa shape index (κ1) is 16.5. The fraction of sp³-hybridized carbons (Fsp3) is 0.125. The van der Waals surface area contributed by atoms with Gasteiger partial charge in [0, 0.05) is 17.8 Å². The lowest BCUT2D eigenvalue weighted by molar-refractivity contribution is 0.0951. The molecule has 0 heterocycles. The van der Waals surface area contributed by atoms with E-state index in [0.717, 1.165) is 11.8 Å². The van der Waals surface area contributed by atoms with Crippen LogP contribution in [0.2, 0.25) is 0 Å². The van der Waals surface area contributed by atoms with Crippen LogP contribution in [0.5, 0.6) is 0 Å². The summed E-state index contributed by atoms with van der Waals surface area (Å²) in [7, 11) is -3.39. The molecule has 2 aromatic rings. The molecule has 23 heavy (non-hydrogen) atoms. The Labute approximate surface area is 134 Å². The van der Waals surface area contributed by atoms with Gasteiger partial charge in [0.15, 0.2) is 0 Å². The smallest absolute Gasteiger partial charge is 0.251 e. The first-order valence-electron chi connectivity index (χ1n) is 6.72. The summed E-state index contributed by atoms with van der Waals surface area (Å²) < 4.78 is 24.8. The van der Waals surface area contributed by atoms with Crippen LogP contribution in [0.3, 0.4) is 0 Å². The molecule has 0 saturated heterocycles. The molecule has 118 valence electrons. The van der Waals surface area contributed by atoms with Gasteiger partial charge < -0.3 is 5.32 Å². The molecule has 6 nitrogen and oxygen atoms in total. The van der Waals surface area contributed by atoms with Crippen LogP contribution in [0, 0.1) is 11.3 Å². The largest absolute Gasteiger partial charge is 0.348 e. The number of benzene rings is 2. The normalized spacial score (nSPS) is 10.6. The van der Waals surface area contributed by atoms with Gasteiger partial charge in [-0.05, 0) is 35.9 Å². The predicted octanol–water partition coefficient (Wildman–Crippen LogP) is 1.86. The number of anilines is 1. The van der Waals surface area contributed by atoms with Gasteiger partial charge in [-0.1, -0.05) is 18.2 Å². The molecular weight excluding hydrogens is 314 g/mol. The van der Waals surface area contributed by atoms with Crippen LogP contribution in [0.25, 0.3) is 0 Å². The van der Waals surface area contributed by atoms with Gasteiger partial charge in [0.2, 0.25) is 10.0 Å². The summed E-state index contributed by atoms with van der Waals surface area (Å²) in [6, 6.07) is 15.2. The number of amides is 1. The second kappa shape index (κ2) is 6.94. The van der Waals surface area contributed by atoms with E-state index in [1.807, 2.05) is 12.1 Å². The standard InChI is InChI=1S/C16H15N3O3S/c1-23(21,22)19-15-7-3-6-14(9-15)16(20)18-11-13-5-2-4-12(8-13)10-17/h2-9,19H,11H2,1H3,(H,18,20). The monoisotopic (exact) mass is 329 g/mol. The van der Waals surface area contributed by atoms with Crippen molar-refractivity contribution in [2.45, 2.75) is 6.54 Å². The first-order chi connectivity index (χ1) is 10.9. The summed E-state index contributed by atoms with van der Waals surface area (Å²) in [4.78, 5) is 12.1. The van der Waals surface area contributed by atoms with Crippen molar-refractivity contribution >= 4 is 21.6 Å². The summed E-state index contributed by atoms with van der Waals surface area (Å²) >= 11 is 0. The zero-order valence-corrected chi connectivity index (χ0v) is 13.2. The fourth-order valence-corrected chi connectivity index (χ4v) is 2.53. The van der Waals surface area contributed by atoms with Crippen molar-refractivity contribution < 1.29 is 13.2 Å². The molecule has 0 saturated carbocycles. The van der Waals surface area contributed by atoms with Crippen molar-refractivity contribution in [3.63, 3.8) is 0 Å². The molecule has 2 rings (SSSR count). The topological polar surface area (TPSA) is 99.1 Å². The van der Waals surface area contributed by atoms with Crippen molar-refractivity contribution in [2.24, 2.45) is 0 Å². The van der Waals surface area contributed by atoms with E-state index in [2.05, 4.69) is 10.0 Å². The number of hydrogen-bond acceptors (Lipinski definition) is 4. The predicted molar refractivity (Wildman–Crippen MR) is 87.2 cm³/mol. The molecule has 0 aromatic heterocycles. The zero-order chi connectivity index (χ0) is 16.9. The number of nitrogens with one attached hydrogen (secondary N) is 2. The van der Waals surface area contributed by atoms with Crippen molar-refractivity contribution in [2.75, 3.05) is 11.0 Å². The Bertz CT molecular complexity index is 870. The maximum atomic E-state index is 12.1. The van der Waals surface area contributed by atoms with E-state index < -0.39 is 10.0 Å². The summed E-state index contributed by atoms with van der Waals surface area (Å²) in [6.07, 6.45) is 1.04. The van der Waals surface area contributed by atoms with Crippen molar-refractivity contribution in [1.82, 2.24) is 5.32 Å². The molecule has 1 amide bonds. The van der Waals surface area contributed by atoms with E-state index in [1.54, 1.807) is 36.4 Å². The highest BCUT2D eigenvalue weighted by atomic mass is 32.2. The SMILES string of the molecule is CS(=O)(=O)Nc1cccc(C(=O)NCc2cccc(C#N)c2)c1. The Morgan fingerprint density at radius 3 is 2.61 bits per heavy atom. The molecule has 0 aliphatic heterocycles. The van der Waals surface area contributed by atoms with Gasteiger partial charge in [0.1, 0.15) is 0 Å². The van der Waals surface area contributed by atoms with Gasteiger partial charge in [-0.25, -0.2) is 8.42 Å². The second-order valence-electron chi connectivity index (χ2n) is 4.95. The highest BCUT2D eigenvalue weighted by molar-refractivity contribution is 7.92. The molecule has 7 heteroatoms. The highest BCUT2D eigenvalue weighted by Crippen LogP contribution is 2.12. The van der Waals surface area contributed by atoms with Crippen molar-refractivity contribution in [3.8, 4) is 6.07 Å². The van der Waals surface area contributed by atoms with Gasteiger partial charge in [0.25, 0.3) is 5.91 Å². The third-order valence-corrected chi connectivity index (χ3v) is 3.54. The second-order valence-corrected chi connectivity index (χ2v) is 6.70. The van der Waals surface area contributed by atoms with E-state index in [4.69, 9.17) is 5.26 Å². The van der Waals surface area contributed by atoms with Crippen LogP contribution in [0.1, 0.15) is 21.5 Å². The average molecular weight is 329 g/mol.